The summed E-state index contributed by atoms with van der Waals surface area (Å²) < 4.78 is 0. The monoisotopic (exact) mass is 242 g/mol. The fraction of sp³-hybridized carbons (Fsp3) is 0. The molecule has 18 heavy (non-hydrogen) atoms. The van der Waals surface area contributed by atoms with Crippen molar-refractivity contribution in [3.8, 4) is 0 Å². The Morgan fingerprint density at radius 1 is 1.00 bits per heavy atom. The number of hydrogen-bond acceptors (Lipinski definition) is 3. The lowest BCUT2D eigenvalue weighted by atomic mass is 10.2. The molecule has 4 nitrogen and oxygen atoms in total. The van der Waals surface area contributed by atoms with Gasteiger partial charge in [-0.25, -0.2) is 0 Å². The van der Waals surface area contributed by atoms with Gasteiger partial charge in [-0.15, -0.1) is 0 Å². The predicted molar refractivity (Wildman–Crippen MR) is 70.8 cm³/mol. The highest BCUT2D eigenvalue weighted by Gasteiger charge is 1.93. The summed E-state index contributed by atoms with van der Waals surface area (Å²) >= 11 is 0. The van der Waals surface area contributed by atoms with E-state index in [1.165, 1.54) is 6.21 Å². The van der Waals surface area contributed by atoms with Crippen molar-refractivity contribution in [1.29, 1.82) is 0 Å². The summed E-state index contributed by atoms with van der Waals surface area (Å²) in [6.45, 7) is 0. The van der Waals surface area contributed by atoms with Crippen molar-refractivity contribution in [2.24, 2.45) is 10.9 Å². The number of carbonyl (C=O) groups is 1. The van der Waals surface area contributed by atoms with Gasteiger partial charge in [0.05, 0.1) is 6.21 Å². The molecule has 0 heterocycles. The van der Waals surface area contributed by atoms with E-state index in [-0.39, 0.29) is 5.91 Å². The maximum Gasteiger partial charge on any atom is 0.248 e. The number of amides is 1. The van der Waals surface area contributed by atoms with E-state index in [1.54, 1.807) is 24.3 Å². The molecule has 0 atom stereocenters. The summed E-state index contributed by atoms with van der Waals surface area (Å²) in [5.74, 6) is -0.379. The Hall–Kier alpha value is -2.62. The summed E-state index contributed by atoms with van der Waals surface area (Å²) in [7, 11) is 0. The van der Waals surface area contributed by atoms with Crippen LogP contribution < -0.4 is 5.73 Å². The second-order valence-corrected chi connectivity index (χ2v) is 3.39. The van der Waals surface area contributed by atoms with Crippen LogP contribution in [0, 0.1) is 0 Å². The van der Waals surface area contributed by atoms with Gasteiger partial charge in [0.25, 0.3) is 0 Å². The van der Waals surface area contributed by atoms with E-state index in [1.807, 2.05) is 36.4 Å². The molecule has 0 unspecified atom stereocenters. The van der Waals surface area contributed by atoms with Crippen LogP contribution in [0.3, 0.4) is 0 Å². The van der Waals surface area contributed by atoms with E-state index in [0.717, 1.165) is 5.56 Å². The highest BCUT2D eigenvalue weighted by Crippen LogP contribution is 1.94. The Kier molecular flexibility index (Phi) is 5.69. The fourth-order valence-corrected chi connectivity index (χ4v) is 1.21. The number of nitrogens with two attached hydrogens (primary N) is 1. The van der Waals surface area contributed by atoms with Crippen molar-refractivity contribution in [2.75, 3.05) is 0 Å². The largest absolute Gasteiger partial charge is 0.411 e. The Bertz CT molecular complexity index is 496. The maximum absolute atomic E-state index is 10.4. The van der Waals surface area contributed by atoms with Crippen molar-refractivity contribution < 1.29 is 10.0 Å². The van der Waals surface area contributed by atoms with Gasteiger partial charge >= 0.3 is 0 Å². The summed E-state index contributed by atoms with van der Waals surface area (Å²) in [5.41, 5.74) is 6.43. The van der Waals surface area contributed by atoms with Gasteiger partial charge in [0.1, 0.15) is 0 Å². The molecule has 0 spiro atoms. The molecule has 4 heteroatoms. The fourth-order valence-electron chi connectivity index (χ4n) is 1.21. The lowest BCUT2D eigenvalue weighted by Crippen LogP contribution is -2.09. The van der Waals surface area contributed by atoms with Crippen molar-refractivity contribution in [3.63, 3.8) is 0 Å². The van der Waals surface area contributed by atoms with Crippen LogP contribution >= 0.6 is 0 Å². The van der Waals surface area contributed by atoms with Crippen LogP contribution in [0.4, 0.5) is 0 Å². The minimum absolute atomic E-state index is 0.379. The summed E-state index contributed by atoms with van der Waals surface area (Å²) in [5, 5.41) is 11.0. The average molecular weight is 242 g/mol. The zero-order chi connectivity index (χ0) is 13.2. The number of hydrogen-bond donors (Lipinski definition) is 2. The second kappa shape index (κ2) is 7.62. The molecule has 0 aliphatic rings. The van der Waals surface area contributed by atoms with Crippen molar-refractivity contribution in [2.45, 2.75) is 0 Å². The molecular formula is C14H14N2O2. The molecule has 0 saturated heterocycles. The number of oxime groups is 1. The third kappa shape index (κ3) is 4.94. The Morgan fingerprint density at radius 3 is 1.89 bits per heavy atom. The van der Waals surface area contributed by atoms with Crippen molar-refractivity contribution >= 4 is 12.1 Å². The predicted octanol–water partition coefficient (Wildman–Crippen LogP) is 2.28. The van der Waals surface area contributed by atoms with E-state index in [9.17, 15) is 4.79 Å². The first-order valence-corrected chi connectivity index (χ1v) is 5.31. The van der Waals surface area contributed by atoms with Gasteiger partial charge in [0.2, 0.25) is 5.91 Å². The molecule has 0 aliphatic heterocycles. The maximum atomic E-state index is 10.4. The van der Waals surface area contributed by atoms with E-state index >= 15 is 0 Å². The van der Waals surface area contributed by atoms with E-state index in [4.69, 9.17) is 10.9 Å². The minimum Gasteiger partial charge on any atom is -0.411 e. The highest BCUT2D eigenvalue weighted by molar-refractivity contribution is 5.92. The Balaban J connectivity index is 0.000000180. The zero-order valence-electron chi connectivity index (χ0n) is 9.73. The molecule has 0 radical (unpaired) electrons. The van der Waals surface area contributed by atoms with Crippen LogP contribution in [0.25, 0.3) is 0 Å². The number of nitrogens with zero attached hydrogens (tertiary/aromatic N) is 1. The Morgan fingerprint density at radius 2 is 1.50 bits per heavy atom. The van der Waals surface area contributed by atoms with Gasteiger partial charge in [-0.1, -0.05) is 53.7 Å². The van der Waals surface area contributed by atoms with Gasteiger partial charge in [0, 0.05) is 5.56 Å². The van der Waals surface area contributed by atoms with E-state index in [2.05, 4.69) is 5.16 Å². The number of rotatable bonds is 2. The molecule has 3 N–H and O–H groups in total. The van der Waals surface area contributed by atoms with Crippen LogP contribution in [0.5, 0.6) is 0 Å². The molecule has 0 fully saturated rings. The average Bonchev–Trinajstić information content (AvgIpc) is 2.42. The minimum atomic E-state index is -0.379. The molecule has 2 aromatic carbocycles. The lowest BCUT2D eigenvalue weighted by Gasteiger charge is -1.89. The molecule has 92 valence electrons. The standard InChI is InChI=1S/2C7H7NO/c9-8-6-7-4-2-1-3-5-7;8-7(9)6-4-2-1-3-5-6/h1-6,9H;1-5H,(H2,8,9)/b8-6+;. The molecule has 2 aromatic rings. The van der Waals surface area contributed by atoms with Crippen LogP contribution in [0.1, 0.15) is 15.9 Å². The van der Waals surface area contributed by atoms with Gasteiger partial charge in [-0.05, 0) is 17.7 Å². The van der Waals surface area contributed by atoms with E-state index < -0.39 is 0 Å². The first kappa shape index (κ1) is 13.4. The first-order valence-electron chi connectivity index (χ1n) is 5.31. The third-order valence-corrected chi connectivity index (χ3v) is 2.06. The van der Waals surface area contributed by atoms with Gasteiger partial charge in [-0.2, -0.15) is 0 Å². The van der Waals surface area contributed by atoms with Crippen molar-refractivity contribution in [3.05, 3.63) is 71.8 Å². The summed E-state index contributed by atoms with van der Waals surface area (Å²) in [4.78, 5) is 10.4. The van der Waals surface area contributed by atoms with Crippen LogP contribution in [0.15, 0.2) is 65.8 Å². The SMILES string of the molecule is NC(=O)c1ccccc1.O/N=C/c1ccccc1. The molecule has 0 bridgehead atoms. The van der Waals surface area contributed by atoms with Crippen LogP contribution in [0.2, 0.25) is 0 Å². The van der Waals surface area contributed by atoms with Gasteiger partial charge < -0.3 is 10.9 Å². The third-order valence-electron chi connectivity index (χ3n) is 2.06. The number of carbonyl (C=O) groups excluding carboxylic acids is 1. The van der Waals surface area contributed by atoms with Crippen molar-refractivity contribution in [1.82, 2.24) is 0 Å². The molecule has 0 aromatic heterocycles. The Labute approximate surface area is 105 Å². The quantitative estimate of drug-likeness (QED) is 0.481. The number of primary amides is 1. The summed E-state index contributed by atoms with van der Waals surface area (Å²) in [6.07, 6.45) is 1.39. The second-order valence-electron chi connectivity index (χ2n) is 3.39. The smallest absolute Gasteiger partial charge is 0.248 e. The summed E-state index contributed by atoms with van der Waals surface area (Å²) in [6, 6.07) is 18.2. The van der Waals surface area contributed by atoms with Crippen LogP contribution in [-0.2, 0) is 0 Å². The lowest BCUT2D eigenvalue weighted by molar-refractivity contribution is 0.100. The topological polar surface area (TPSA) is 75.7 Å². The van der Waals surface area contributed by atoms with Gasteiger partial charge in [0.15, 0.2) is 0 Å². The van der Waals surface area contributed by atoms with Gasteiger partial charge in [-0.3, -0.25) is 4.79 Å². The molecule has 0 aliphatic carbocycles. The molecule has 2 rings (SSSR count). The zero-order valence-corrected chi connectivity index (χ0v) is 9.73. The highest BCUT2D eigenvalue weighted by atomic mass is 16.4. The van der Waals surface area contributed by atoms with E-state index in [0.29, 0.717) is 5.56 Å². The molecular weight excluding hydrogens is 228 g/mol. The van der Waals surface area contributed by atoms with Crippen LogP contribution in [-0.4, -0.2) is 17.3 Å². The first-order chi connectivity index (χ1) is 8.74. The molecule has 1 amide bonds. The normalized spacial score (nSPS) is 9.56. The molecule has 0 saturated carbocycles. The number of benzene rings is 2.